The van der Waals surface area contributed by atoms with Crippen molar-refractivity contribution in [3.8, 4) is 0 Å². The molecule has 3 aromatic carbocycles. The molecule has 3 aromatic heterocycles. The van der Waals surface area contributed by atoms with Gasteiger partial charge in [-0.15, -0.1) is 0 Å². The summed E-state index contributed by atoms with van der Waals surface area (Å²) in [6, 6.07) is 29.5. The topological polar surface area (TPSA) is 250 Å². The number of pyridine rings is 2. The van der Waals surface area contributed by atoms with Crippen LogP contribution in [0.2, 0.25) is 0 Å². The van der Waals surface area contributed by atoms with Gasteiger partial charge in [-0.05, 0) is 126 Å². The molecule has 16 nitrogen and oxygen atoms in total. The Morgan fingerprint density at radius 3 is 1.56 bits per heavy atom. The molecule has 6 aliphatic heterocycles. The number of carboxylic acids is 2. The predicted molar refractivity (Wildman–Crippen MR) is 264 cm³/mol. The number of carboxylic acid groups (broad SMARTS) is 2. The number of furan rings is 1. The number of nitrogens with one attached hydrogen (secondary N) is 1. The maximum Gasteiger partial charge on any atom is 0.348 e. The van der Waals surface area contributed by atoms with E-state index in [1.54, 1.807) is 20.0 Å². The van der Waals surface area contributed by atoms with Gasteiger partial charge in [0, 0.05) is 65.5 Å². The molecule has 0 unspecified atom stereocenters. The summed E-state index contributed by atoms with van der Waals surface area (Å²) in [5.41, 5.74) is 2.37. The first-order valence-corrected chi connectivity index (χ1v) is 24.0. The lowest BCUT2D eigenvalue weighted by atomic mass is 9.73. The van der Waals surface area contributed by atoms with Gasteiger partial charge in [-0.3, -0.25) is 34.2 Å². The first-order chi connectivity index (χ1) is 34.1. The van der Waals surface area contributed by atoms with E-state index in [0.717, 1.165) is 79.9 Å². The van der Waals surface area contributed by atoms with Crippen LogP contribution >= 0.6 is 0 Å². The number of hydrogen-bond donors (Lipinski definition) is 6. The van der Waals surface area contributed by atoms with Gasteiger partial charge >= 0.3 is 11.9 Å². The predicted octanol–water partition coefficient (Wildman–Crippen LogP) is 5.31. The van der Waals surface area contributed by atoms with Crippen molar-refractivity contribution in [1.82, 2.24) is 25.1 Å². The summed E-state index contributed by atoms with van der Waals surface area (Å²) in [5, 5.41) is 44.6. The second-order valence-corrected chi connectivity index (χ2v) is 19.2. The number of aliphatic hydroxyl groups is 2. The fourth-order valence-corrected chi connectivity index (χ4v) is 10.6. The minimum absolute atomic E-state index is 0.110. The molecule has 0 aliphatic carbocycles. The van der Waals surface area contributed by atoms with E-state index in [1.165, 1.54) is 61.3 Å². The molecule has 71 heavy (non-hydrogen) atoms. The lowest BCUT2D eigenvalue weighted by Gasteiger charge is -2.51. The van der Waals surface area contributed by atoms with E-state index in [-0.39, 0.29) is 23.1 Å². The number of aromatic nitrogens is 2. The number of nitrogens with two attached hydrogens (primary N) is 1. The highest BCUT2D eigenvalue weighted by molar-refractivity contribution is 6.28. The van der Waals surface area contributed by atoms with Gasteiger partial charge in [0.05, 0.1) is 0 Å². The summed E-state index contributed by atoms with van der Waals surface area (Å²) in [6.45, 7) is 8.09. The average Bonchev–Trinajstić information content (AvgIpc) is 3.84. The Kier molecular flexibility index (Phi) is 15.3. The van der Waals surface area contributed by atoms with Crippen LogP contribution in [-0.4, -0.2) is 131 Å². The van der Waals surface area contributed by atoms with E-state index in [1.807, 2.05) is 61.1 Å². The summed E-state index contributed by atoms with van der Waals surface area (Å²) >= 11 is 0. The van der Waals surface area contributed by atoms with E-state index < -0.39 is 34.7 Å². The van der Waals surface area contributed by atoms with Crippen LogP contribution < -0.4 is 11.1 Å². The number of Topliss-reactive ketones (excluding diaryl/α,β-unsaturated/α-hetero) is 2. The molecule has 6 atom stereocenters. The van der Waals surface area contributed by atoms with Gasteiger partial charge in [-0.25, -0.2) is 9.59 Å². The average molecular weight is 965 g/mol. The van der Waals surface area contributed by atoms with Gasteiger partial charge in [-0.2, -0.15) is 0 Å². The highest BCUT2D eigenvalue weighted by Gasteiger charge is 2.70. The van der Waals surface area contributed by atoms with Gasteiger partial charge in [0.1, 0.15) is 5.58 Å². The first kappa shape index (κ1) is 50.4. The molecule has 6 aliphatic rings. The fraction of sp³-hybridized carbons (Fsp3) is 0.364. The SMILES string of the molecule is Cc1ccc(C(=O)[C@@](O)(C(=O)O)[C@](O)(C(=O)O)C(=O)c2ccc(C)cc2)cc1.N[C@@H]1C2CCN(CC2)[C@H]1Cc1cccnc1.O=C(N[C@@H]1C2CCN(CC2)[C@H]1Cc1cccnc1)c1cc2ccccc2o1. The normalized spacial score (nSPS) is 24.7. The lowest BCUT2D eigenvalue weighted by molar-refractivity contribution is -0.187. The molecule has 16 heteroatoms. The van der Waals surface area contributed by atoms with Crippen LogP contribution in [-0.2, 0) is 22.4 Å². The summed E-state index contributed by atoms with van der Waals surface area (Å²) < 4.78 is 5.77. The Morgan fingerprint density at radius 1 is 0.648 bits per heavy atom. The number of para-hydroxylation sites is 1. The molecule has 12 rings (SSSR count). The molecular weight excluding hydrogens is 905 g/mol. The number of benzene rings is 3. The van der Waals surface area contributed by atoms with E-state index in [2.05, 4.69) is 37.2 Å². The van der Waals surface area contributed by atoms with Crippen LogP contribution in [0.3, 0.4) is 0 Å². The van der Waals surface area contributed by atoms with Crippen LogP contribution in [0, 0.1) is 25.7 Å². The number of hydrogen-bond acceptors (Lipinski definition) is 13. The molecule has 0 saturated carbocycles. The van der Waals surface area contributed by atoms with Crippen LogP contribution in [0.25, 0.3) is 11.0 Å². The Balaban J connectivity index is 0.000000148. The van der Waals surface area contributed by atoms with Crippen molar-refractivity contribution in [1.29, 1.82) is 0 Å². The van der Waals surface area contributed by atoms with Gasteiger partial charge in [0.15, 0.2) is 5.76 Å². The van der Waals surface area contributed by atoms with Gasteiger partial charge in [0.25, 0.3) is 17.1 Å². The molecule has 7 N–H and O–H groups in total. The standard InChI is InChI=1S/C22H23N3O2.C20H18O8.C13H19N3/c26-22(20-13-17-5-1-2-6-19(17)27-20)24-21-16-7-10-25(11-8-16)18(21)12-15-4-3-9-23-14-15;1-11-3-7-13(8-4-11)15(21)19(27,17(23)24)20(28,18(25)26)16(22)14-9-5-12(2)6-10-14;14-13-11-3-6-16(7-4-11)12(13)8-10-2-1-5-15-9-10/h1-6,9,13-14,16,18,21H,7-8,10-12H2,(H,24,26);3-10,27-28H,1-2H3,(H,23,24)(H,25,26);1-2,5,9,11-13H,3-4,6-8,14H2/t18-,21+;19-,20-;12-,13+/m010/s1. The van der Waals surface area contributed by atoms with Gasteiger partial charge < -0.3 is 35.9 Å². The van der Waals surface area contributed by atoms with E-state index in [9.17, 15) is 44.4 Å². The minimum Gasteiger partial charge on any atom is -0.479 e. The Labute approximate surface area is 411 Å². The number of carbonyl (C=O) groups excluding carboxylic acids is 3. The zero-order chi connectivity index (χ0) is 50.5. The summed E-state index contributed by atoms with van der Waals surface area (Å²) in [6.07, 6.45) is 14.4. The molecule has 6 aromatic rings. The highest BCUT2D eigenvalue weighted by atomic mass is 16.5. The van der Waals surface area contributed by atoms with E-state index in [0.29, 0.717) is 40.9 Å². The number of aliphatic carboxylic acids is 2. The molecule has 370 valence electrons. The number of piperidine rings is 6. The lowest BCUT2D eigenvalue weighted by Crippen LogP contribution is -2.71. The summed E-state index contributed by atoms with van der Waals surface area (Å²) in [5.74, 6) is -6.44. The molecular formula is C55H60N6O10. The number of aryl methyl sites for hydroxylation is 2. The number of fused-ring (bicyclic) bond motifs is 7. The van der Waals surface area contributed by atoms with Crippen molar-refractivity contribution in [3.63, 3.8) is 0 Å². The zero-order valence-electron chi connectivity index (χ0n) is 39.8. The van der Waals surface area contributed by atoms with Crippen molar-refractivity contribution in [2.24, 2.45) is 17.6 Å². The number of rotatable bonds is 13. The largest absolute Gasteiger partial charge is 0.479 e. The quantitative estimate of drug-likeness (QED) is 0.0634. The van der Waals surface area contributed by atoms with E-state index in [4.69, 9.17) is 10.2 Å². The minimum atomic E-state index is -3.96. The maximum atomic E-state index is 12.9. The van der Waals surface area contributed by atoms with Crippen LogP contribution in [0.4, 0.5) is 0 Å². The fourth-order valence-electron chi connectivity index (χ4n) is 10.6. The monoisotopic (exact) mass is 964 g/mol. The number of nitrogens with zero attached hydrogens (tertiary/aromatic N) is 4. The summed E-state index contributed by atoms with van der Waals surface area (Å²) in [7, 11) is 0. The van der Waals surface area contributed by atoms with Gasteiger partial charge in [0.2, 0.25) is 11.6 Å². The maximum absolute atomic E-state index is 12.9. The third-order valence-electron chi connectivity index (χ3n) is 14.7. The van der Waals surface area contributed by atoms with Gasteiger partial charge in [-0.1, -0.05) is 90.0 Å². The third-order valence-corrected chi connectivity index (χ3v) is 14.7. The smallest absolute Gasteiger partial charge is 0.348 e. The van der Waals surface area contributed by atoms with Crippen molar-refractivity contribution < 1.29 is 48.8 Å². The molecule has 9 heterocycles. The first-order valence-electron chi connectivity index (χ1n) is 24.0. The van der Waals surface area contributed by atoms with Crippen LogP contribution in [0.5, 0.6) is 0 Å². The third kappa shape index (κ3) is 10.6. The molecule has 6 saturated heterocycles. The van der Waals surface area contributed by atoms with Crippen molar-refractivity contribution >= 4 is 40.4 Å². The van der Waals surface area contributed by atoms with Crippen molar-refractivity contribution in [2.75, 3.05) is 26.2 Å². The van der Waals surface area contributed by atoms with Crippen molar-refractivity contribution in [3.05, 3.63) is 167 Å². The van der Waals surface area contributed by atoms with Crippen LogP contribution in [0.1, 0.15) is 79.2 Å². The number of carbonyl (C=O) groups is 5. The Hall–Kier alpha value is -6.95. The Bertz CT molecular complexity index is 2710. The molecule has 0 spiro atoms. The Morgan fingerprint density at radius 2 is 1.11 bits per heavy atom. The zero-order valence-corrected chi connectivity index (χ0v) is 39.8. The number of ketones is 2. The second-order valence-electron chi connectivity index (χ2n) is 19.2. The van der Waals surface area contributed by atoms with E-state index >= 15 is 0 Å². The molecule has 6 fully saturated rings. The number of amides is 1. The summed E-state index contributed by atoms with van der Waals surface area (Å²) in [4.78, 5) is 75.5. The molecule has 0 radical (unpaired) electrons. The molecule has 1 amide bonds. The van der Waals surface area contributed by atoms with Crippen LogP contribution in [0.15, 0.2) is 132 Å². The second kappa shape index (κ2) is 21.6. The highest BCUT2D eigenvalue weighted by Crippen LogP contribution is 2.36. The van der Waals surface area contributed by atoms with Crippen molar-refractivity contribution in [2.45, 2.75) is 87.7 Å². The molecule has 4 bridgehead atoms.